The summed E-state index contributed by atoms with van der Waals surface area (Å²) in [6.07, 6.45) is 2.82. The van der Waals surface area contributed by atoms with Crippen LogP contribution in [-0.2, 0) is 4.74 Å². The van der Waals surface area contributed by atoms with E-state index < -0.39 is 5.91 Å². The molecule has 0 unspecified atom stereocenters. The molecule has 1 fully saturated rings. The molecule has 0 bridgehead atoms. The standard InChI is InChI=1S/C15H22N4O3/c1-11(2)10-22-15(21)19-7-5-18(6-8-19)13-3-4-17-9-12(13)14(16)20/h3-4,9,11H,5-8,10H2,1-2H3,(H2,16,20). The molecule has 2 heterocycles. The van der Waals surface area contributed by atoms with Crippen molar-refractivity contribution in [1.29, 1.82) is 0 Å². The minimum absolute atomic E-state index is 0.279. The monoisotopic (exact) mass is 306 g/mol. The summed E-state index contributed by atoms with van der Waals surface area (Å²) in [5.74, 6) is -0.179. The van der Waals surface area contributed by atoms with E-state index in [-0.39, 0.29) is 6.09 Å². The molecule has 1 saturated heterocycles. The average Bonchev–Trinajstić information content (AvgIpc) is 2.52. The predicted octanol–water partition coefficient (Wildman–Crippen LogP) is 1.10. The van der Waals surface area contributed by atoms with Crippen molar-refractivity contribution < 1.29 is 14.3 Å². The van der Waals surface area contributed by atoms with Gasteiger partial charge in [0, 0.05) is 38.6 Å². The number of aromatic nitrogens is 1. The van der Waals surface area contributed by atoms with Gasteiger partial charge in [0.25, 0.3) is 5.91 Å². The number of nitrogens with zero attached hydrogens (tertiary/aromatic N) is 3. The van der Waals surface area contributed by atoms with E-state index in [0.717, 1.165) is 5.69 Å². The highest BCUT2D eigenvalue weighted by atomic mass is 16.6. The summed E-state index contributed by atoms with van der Waals surface area (Å²) in [6.45, 7) is 6.78. The number of primary amides is 1. The minimum atomic E-state index is -0.498. The molecule has 2 rings (SSSR count). The number of carbonyl (C=O) groups is 2. The highest BCUT2D eigenvalue weighted by molar-refractivity contribution is 5.98. The zero-order valence-corrected chi connectivity index (χ0v) is 13.0. The Labute approximate surface area is 130 Å². The number of rotatable bonds is 4. The Balaban J connectivity index is 1.95. The van der Waals surface area contributed by atoms with Crippen LogP contribution in [0, 0.1) is 5.92 Å². The van der Waals surface area contributed by atoms with E-state index in [2.05, 4.69) is 4.98 Å². The van der Waals surface area contributed by atoms with Crippen molar-refractivity contribution in [1.82, 2.24) is 9.88 Å². The van der Waals surface area contributed by atoms with Gasteiger partial charge in [-0.2, -0.15) is 0 Å². The Morgan fingerprint density at radius 3 is 2.59 bits per heavy atom. The molecule has 1 aromatic rings. The average molecular weight is 306 g/mol. The first-order chi connectivity index (χ1) is 10.5. The van der Waals surface area contributed by atoms with Crippen molar-refractivity contribution in [2.75, 3.05) is 37.7 Å². The van der Waals surface area contributed by atoms with E-state index in [9.17, 15) is 9.59 Å². The van der Waals surface area contributed by atoms with E-state index in [1.54, 1.807) is 17.2 Å². The van der Waals surface area contributed by atoms with Crippen molar-refractivity contribution in [3.05, 3.63) is 24.0 Å². The molecule has 0 radical (unpaired) electrons. The summed E-state index contributed by atoms with van der Waals surface area (Å²) >= 11 is 0. The number of hydrogen-bond donors (Lipinski definition) is 1. The van der Waals surface area contributed by atoms with Gasteiger partial charge in [-0.25, -0.2) is 4.79 Å². The van der Waals surface area contributed by atoms with Crippen LogP contribution < -0.4 is 10.6 Å². The Bertz CT molecular complexity index is 539. The van der Waals surface area contributed by atoms with Gasteiger partial charge in [-0.3, -0.25) is 9.78 Å². The normalized spacial score (nSPS) is 15.0. The Morgan fingerprint density at radius 1 is 1.32 bits per heavy atom. The minimum Gasteiger partial charge on any atom is -0.449 e. The molecule has 7 nitrogen and oxygen atoms in total. The highest BCUT2D eigenvalue weighted by Gasteiger charge is 2.24. The van der Waals surface area contributed by atoms with Gasteiger partial charge in [0.2, 0.25) is 0 Å². The van der Waals surface area contributed by atoms with Gasteiger partial charge in [0.15, 0.2) is 0 Å². The molecule has 7 heteroatoms. The number of ether oxygens (including phenoxy) is 1. The van der Waals surface area contributed by atoms with Crippen LogP contribution in [0.15, 0.2) is 18.5 Å². The first kappa shape index (κ1) is 16.1. The lowest BCUT2D eigenvalue weighted by molar-refractivity contribution is 0.0899. The maximum atomic E-state index is 11.9. The third-order valence-electron chi connectivity index (χ3n) is 3.48. The van der Waals surface area contributed by atoms with E-state index in [0.29, 0.717) is 44.3 Å². The molecule has 22 heavy (non-hydrogen) atoms. The third kappa shape index (κ3) is 3.87. The van der Waals surface area contributed by atoms with Crippen LogP contribution in [0.2, 0.25) is 0 Å². The summed E-state index contributed by atoms with van der Waals surface area (Å²) in [6, 6.07) is 1.77. The lowest BCUT2D eigenvalue weighted by Gasteiger charge is -2.36. The summed E-state index contributed by atoms with van der Waals surface area (Å²) < 4.78 is 5.23. The summed E-state index contributed by atoms with van der Waals surface area (Å²) in [5.41, 5.74) is 6.54. The molecule has 0 saturated carbocycles. The first-order valence-electron chi connectivity index (χ1n) is 7.39. The van der Waals surface area contributed by atoms with Crippen LogP contribution in [0.25, 0.3) is 0 Å². The number of amides is 2. The molecular formula is C15H22N4O3. The number of pyridine rings is 1. The zero-order chi connectivity index (χ0) is 16.1. The summed E-state index contributed by atoms with van der Waals surface area (Å²) in [7, 11) is 0. The molecular weight excluding hydrogens is 284 g/mol. The Kier molecular flexibility index (Phi) is 5.19. The molecule has 1 aliphatic rings. The number of nitrogens with two attached hydrogens (primary N) is 1. The fourth-order valence-corrected chi connectivity index (χ4v) is 2.31. The lowest BCUT2D eigenvalue weighted by atomic mass is 10.2. The van der Waals surface area contributed by atoms with Crippen LogP contribution in [-0.4, -0.2) is 54.7 Å². The molecule has 1 aliphatic heterocycles. The topological polar surface area (TPSA) is 88.8 Å². The van der Waals surface area contributed by atoms with Gasteiger partial charge in [-0.05, 0) is 12.0 Å². The first-order valence-corrected chi connectivity index (χ1v) is 7.39. The number of piperazine rings is 1. The fourth-order valence-electron chi connectivity index (χ4n) is 2.31. The van der Waals surface area contributed by atoms with Crippen molar-refractivity contribution in [3.63, 3.8) is 0 Å². The highest BCUT2D eigenvalue weighted by Crippen LogP contribution is 2.20. The Morgan fingerprint density at radius 2 is 2.00 bits per heavy atom. The van der Waals surface area contributed by atoms with Gasteiger partial charge in [0.05, 0.1) is 17.9 Å². The molecule has 0 aromatic carbocycles. The van der Waals surface area contributed by atoms with E-state index in [4.69, 9.17) is 10.5 Å². The van der Waals surface area contributed by atoms with Crippen LogP contribution >= 0.6 is 0 Å². The maximum Gasteiger partial charge on any atom is 0.409 e. The molecule has 120 valence electrons. The van der Waals surface area contributed by atoms with Gasteiger partial charge < -0.3 is 20.3 Å². The molecule has 0 atom stereocenters. The SMILES string of the molecule is CC(C)COC(=O)N1CCN(c2ccncc2C(N)=O)CC1. The smallest absolute Gasteiger partial charge is 0.409 e. The number of carbonyl (C=O) groups excluding carboxylic acids is 2. The molecule has 0 aliphatic carbocycles. The van der Waals surface area contributed by atoms with Crippen molar-refractivity contribution in [3.8, 4) is 0 Å². The molecule has 1 aromatic heterocycles. The van der Waals surface area contributed by atoms with Gasteiger partial charge in [0.1, 0.15) is 0 Å². The van der Waals surface area contributed by atoms with Gasteiger partial charge in [-0.1, -0.05) is 13.8 Å². The van der Waals surface area contributed by atoms with E-state index >= 15 is 0 Å². The van der Waals surface area contributed by atoms with Crippen molar-refractivity contribution in [2.24, 2.45) is 11.7 Å². The second-order valence-corrected chi connectivity index (χ2v) is 5.70. The zero-order valence-electron chi connectivity index (χ0n) is 13.0. The van der Waals surface area contributed by atoms with E-state index in [1.807, 2.05) is 18.7 Å². The summed E-state index contributed by atoms with van der Waals surface area (Å²) in [5, 5.41) is 0. The van der Waals surface area contributed by atoms with Crippen molar-refractivity contribution in [2.45, 2.75) is 13.8 Å². The van der Waals surface area contributed by atoms with Crippen LogP contribution in [0.4, 0.5) is 10.5 Å². The molecule has 2 amide bonds. The lowest BCUT2D eigenvalue weighted by Crippen LogP contribution is -2.49. The number of hydrogen-bond acceptors (Lipinski definition) is 5. The second-order valence-electron chi connectivity index (χ2n) is 5.70. The largest absolute Gasteiger partial charge is 0.449 e. The van der Waals surface area contributed by atoms with E-state index in [1.165, 1.54) is 6.20 Å². The van der Waals surface area contributed by atoms with Crippen LogP contribution in [0.5, 0.6) is 0 Å². The second kappa shape index (κ2) is 7.11. The van der Waals surface area contributed by atoms with Crippen LogP contribution in [0.1, 0.15) is 24.2 Å². The van der Waals surface area contributed by atoms with Gasteiger partial charge in [-0.15, -0.1) is 0 Å². The van der Waals surface area contributed by atoms with Crippen LogP contribution in [0.3, 0.4) is 0 Å². The summed E-state index contributed by atoms with van der Waals surface area (Å²) in [4.78, 5) is 31.0. The quantitative estimate of drug-likeness (QED) is 0.899. The van der Waals surface area contributed by atoms with Crippen molar-refractivity contribution >= 4 is 17.7 Å². The maximum absolute atomic E-state index is 11.9. The molecule has 2 N–H and O–H groups in total. The Hall–Kier alpha value is -2.31. The number of anilines is 1. The third-order valence-corrected chi connectivity index (χ3v) is 3.48. The predicted molar refractivity (Wildman–Crippen MR) is 82.7 cm³/mol. The molecule has 0 spiro atoms. The fraction of sp³-hybridized carbons (Fsp3) is 0.533. The van der Waals surface area contributed by atoms with Gasteiger partial charge >= 0.3 is 6.09 Å².